The molecule has 7 nitrogen and oxygen atoms in total. The van der Waals surface area contributed by atoms with Gasteiger partial charge in [-0.1, -0.05) is 5.21 Å². The lowest BCUT2D eigenvalue weighted by Crippen LogP contribution is -1.97. The summed E-state index contributed by atoms with van der Waals surface area (Å²) in [6, 6.07) is 3.52. The van der Waals surface area contributed by atoms with E-state index in [-0.39, 0.29) is 5.69 Å². The highest BCUT2D eigenvalue weighted by atomic mass is 16.4. The zero-order valence-corrected chi connectivity index (χ0v) is 8.56. The van der Waals surface area contributed by atoms with Crippen molar-refractivity contribution in [2.45, 2.75) is 0 Å². The first-order valence-electron chi connectivity index (χ1n) is 4.83. The van der Waals surface area contributed by atoms with E-state index in [0.29, 0.717) is 5.65 Å². The van der Waals surface area contributed by atoms with Gasteiger partial charge in [-0.2, -0.15) is 0 Å². The van der Waals surface area contributed by atoms with Crippen molar-refractivity contribution in [3.8, 4) is 5.69 Å². The largest absolute Gasteiger partial charge is 0.476 e. The molecule has 3 aromatic rings. The number of aromatic carboxylic acids is 1. The summed E-state index contributed by atoms with van der Waals surface area (Å²) in [5, 5.41) is 16.4. The minimum absolute atomic E-state index is 0.0146. The standard InChI is InChI=1S/C10H7N5O2/c16-10(17)8-6-14-5-7(1-2-9(14)12-8)15-4-3-11-13-15/h1-6H,(H,16,17). The topological polar surface area (TPSA) is 85.3 Å². The predicted octanol–water partition coefficient (Wildman–Crippen LogP) is 0.613. The Morgan fingerprint density at radius 1 is 1.29 bits per heavy atom. The van der Waals surface area contributed by atoms with Gasteiger partial charge >= 0.3 is 5.97 Å². The Bertz CT molecular complexity index is 686. The highest BCUT2D eigenvalue weighted by Gasteiger charge is 2.09. The molecule has 0 atom stereocenters. The maximum absolute atomic E-state index is 10.8. The van der Waals surface area contributed by atoms with Gasteiger partial charge in [-0.25, -0.2) is 14.5 Å². The van der Waals surface area contributed by atoms with Gasteiger partial charge < -0.3 is 9.51 Å². The molecule has 0 radical (unpaired) electrons. The molecule has 7 heteroatoms. The van der Waals surface area contributed by atoms with E-state index < -0.39 is 5.97 Å². The molecule has 0 aliphatic rings. The lowest BCUT2D eigenvalue weighted by Gasteiger charge is -2.00. The van der Waals surface area contributed by atoms with Crippen molar-refractivity contribution in [3.63, 3.8) is 0 Å². The average Bonchev–Trinajstić information content (AvgIpc) is 2.97. The van der Waals surface area contributed by atoms with Crippen LogP contribution in [0.1, 0.15) is 10.5 Å². The van der Waals surface area contributed by atoms with Crippen LogP contribution in [0.5, 0.6) is 0 Å². The summed E-state index contributed by atoms with van der Waals surface area (Å²) in [6.07, 6.45) is 6.47. The summed E-state index contributed by atoms with van der Waals surface area (Å²) >= 11 is 0. The molecule has 0 saturated carbocycles. The van der Waals surface area contributed by atoms with Gasteiger partial charge in [0.15, 0.2) is 5.69 Å². The summed E-state index contributed by atoms with van der Waals surface area (Å²) in [5.74, 6) is -1.05. The van der Waals surface area contributed by atoms with E-state index >= 15 is 0 Å². The van der Waals surface area contributed by atoms with E-state index in [0.717, 1.165) is 5.69 Å². The molecular weight excluding hydrogens is 222 g/mol. The van der Waals surface area contributed by atoms with Crippen LogP contribution in [0.25, 0.3) is 11.3 Å². The Morgan fingerprint density at radius 2 is 2.18 bits per heavy atom. The second kappa shape index (κ2) is 3.41. The molecular formula is C10H7N5O2. The van der Waals surface area contributed by atoms with Crippen molar-refractivity contribution in [1.29, 1.82) is 0 Å². The average molecular weight is 229 g/mol. The summed E-state index contributed by atoms with van der Waals surface area (Å²) in [6.45, 7) is 0. The van der Waals surface area contributed by atoms with Gasteiger partial charge in [0.05, 0.1) is 18.1 Å². The number of nitrogens with zero attached hydrogens (tertiary/aromatic N) is 5. The van der Waals surface area contributed by atoms with E-state index in [1.807, 2.05) is 0 Å². The van der Waals surface area contributed by atoms with Crippen LogP contribution in [0.15, 0.2) is 36.9 Å². The number of aromatic nitrogens is 5. The van der Waals surface area contributed by atoms with Gasteiger partial charge in [-0.15, -0.1) is 5.10 Å². The fourth-order valence-electron chi connectivity index (χ4n) is 1.56. The Kier molecular flexibility index (Phi) is 1.91. The molecule has 17 heavy (non-hydrogen) atoms. The third-order valence-electron chi connectivity index (χ3n) is 2.34. The van der Waals surface area contributed by atoms with Crippen molar-refractivity contribution in [2.75, 3.05) is 0 Å². The Labute approximate surface area is 94.9 Å². The quantitative estimate of drug-likeness (QED) is 0.696. The number of carbonyl (C=O) groups is 1. The fraction of sp³-hybridized carbons (Fsp3) is 0. The molecule has 0 aromatic carbocycles. The number of hydrogen-bond acceptors (Lipinski definition) is 4. The number of carboxylic acid groups (broad SMARTS) is 1. The Balaban J connectivity index is 2.16. The van der Waals surface area contributed by atoms with Gasteiger partial charge in [0.25, 0.3) is 0 Å². The second-order valence-corrected chi connectivity index (χ2v) is 3.43. The van der Waals surface area contributed by atoms with Crippen LogP contribution in [0.3, 0.4) is 0 Å². The number of rotatable bonds is 2. The first kappa shape index (κ1) is 9.52. The molecule has 3 heterocycles. The third-order valence-corrected chi connectivity index (χ3v) is 2.34. The lowest BCUT2D eigenvalue weighted by atomic mass is 10.4. The molecule has 0 amide bonds. The van der Waals surface area contributed by atoms with Gasteiger partial charge in [-0.05, 0) is 12.1 Å². The summed E-state index contributed by atoms with van der Waals surface area (Å²) in [4.78, 5) is 14.7. The van der Waals surface area contributed by atoms with Crippen molar-refractivity contribution in [3.05, 3.63) is 42.6 Å². The zero-order valence-electron chi connectivity index (χ0n) is 8.56. The summed E-state index contributed by atoms with van der Waals surface area (Å²) in [7, 11) is 0. The number of hydrogen-bond donors (Lipinski definition) is 1. The summed E-state index contributed by atoms with van der Waals surface area (Å²) < 4.78 is 3.22. The van der Waals surface area contributed by atoms with E-state index in [4.69, 9.17) is 5.11 Å². The van der Waals surface area contributed by atoms with Crippen LogP contribution in [0.2, 0.25) is 0 Å². The molecule has 1 N–H and O–H groups in total. The Morgan fingerprint density at radius 3 is 2.88 bits per heavy atom. The number of carboxylic acids is 1. The zero-order chi connectivity index (χ0) is 11.8. The van der Waals surface area contributed by atoms with Crippen molar-refractivity contribution < 1.29 is 9.90 Å². The monoisotopic (exact) mass is 229 g/mol. The minimum Gasteiger partial charge on any atom is -0.476 e. The molecule has 0 saturated heterocycles. The van der Waals surface area contributed by atoms with E-state index in [1.165, 1.54) is 6.20 Å². The molecule has 0 spiro atoms. The molecule has 0 aliphatic heterocycles. The van der Waals surface area contributed by atoms with Crippen molar-refractivity contribution in [2.24, 2.45) is 0 Å². The van der Waals surface area contributed by atoms with Crippen molar-refractivity contribution in [1.82, 2.24) is 24.4 Å². The predicted molar refractivity (Wildman–Crippen MR) is 57.1 cm³/mol. The first-order valence-corrected chi connectivity index (χ1v) is 4.83. The third kappa shape index (κ3) is 1.53. The van der Waals surface area contributed by atoms with Gasteiger partial charge in [-0.3, -0.25) is 0 Å². The fourth-order valence-corrected chi connectivity index (χ4v) is 1.56. The Hall–Kier alpha value is -2.70. The minimum atomic E-state index is -1.05. The lowest BCUT2D eigenvalue weighted by molar-refractivity contribution is 0.0691. The van der Waals surface area contributed by atoms with E-state index in [9.17, 15) is 4.79 Å². The number of imidazole rings is 1. The molecule has 0 fully saturated rings. The van der Waals surface area contributed by atoms with Crippen LogP contribution in [-0.2, 0) is 0 Å². The number of pyridine rings is 1. The normalized spacial score (nSPS) is 10.8. The second-order valence-electron chi connectivity index (χ2n) is 3.43. The smallest absolute Gasteiger partial charge is 0.356 e. The highest BCUT2D eigenvalue weighted by Crippen LogP contribution is 2.10. The van der Waals surface area contributed by atoms with Crippen LogP contribution in [0.4, 0.5) is 0 Å². The summed E-state index contributed by atoms with van der Waals surface area (Å²) in [5.41, 5.74) is 1.37. The van der Waals surface area contributed by atoms with Crippen LogP contribution in [-0.4, -0.2) is 35.5 Å². The van der Waals surface area contributed by atoms with Crippen molar-refractivity contribution >= 4 is 11.6 Å². The van der Waals surface area contributed by atoms with Gasteiger partial charge in [0.1, 0.15) is 5.65 Å². The molecule has 0 unspecified atom stereocenters. The van der Waals surface area contributed by atoms with E-state index in [2.05, 4.69) is 15.3 Å². The maximum atomic E-state index is 10.8. The molecule has 0 aliphatic carbocycles. The highest BCUT2D eigenvalue weighted by molar-refractivity contribution is 5.86. The SMILES string of the molecule is O=C(O)c1cn2cc(-n3ccnn3)ccc2n1. The van der Waals surface area contributed by atoms with Crippen LogP contribution < -0.4 is 0 Å². The molecule has 3 aromatic heterocycles. The van der Waals surface area contributed by atoms with Gasteiger partial charge in [0, 0.05) is 12.4 Å². The maximum Gasteiger partial charge on any atom is 0.356 e. The van der Waals surface area contributed by atoms with Crippen LogP contribution in [0, 0.1) is 0 Å². The van der Waals surface area contributed by atoms with Crippen LogP contribution >= 0.6 is 0 Å². The first-order chi connectivity index (χ1) is 8.24. The van der Waals surface area contributed by atoms with E-state index in [1.54, 1.807) is 39.8 Å². The van der Waals surface area contributed by atoms with Gasteiger partial charge in [0.2, 0.25) is 0 Å². The molecule has 84 valence electrons. The molecule has 0 bridgehead atoms. The molecule has 3 rings (SSSR count). The number of fused-ring (bicyclic) bond motifs is 1.